The number of nitrogens with two attached hydrogens (primary N) is 2. The van der Waals surface area contributed by atoms with Gasteiger partial charge in [0, 0.05) is 51.2 Å². The fraction of sp³-hybridized carbons (Fsp3) is 0.432. The number of hydrogen-bond donors (Lipinski definition) is 4. The Kier molecular flexibility index (Phi) is 11.5. The number of amides is 5. The van der Waals surface area contributed by atoms with Crippen molar-refractivity contribution >= 4 is 63.7 Å². The summed E-state index contributed by atoms with van der Waals surface area (Å²) in [5, 5.41) is 5.79. The Morgan fingerprint density at radius 1 is 0.708 bits per heavy atom. The van der Waals surface area contributed by atoms with Gasteiger partial charge in [-0.3, -0.25) is 29.8 Å². The van der Waals surface area contributed by atoms with Crippen LogP contribution >= 0.6 is 0 Å². The van der Waals surface area contributed by atoms with Crippen LogP contribution in [0.4, 0.5) is 16.7 Å². The van der Waals surface area contributed by atoms with Gasteiger partial charge in [-0.1, -0.05) is 13.8 Å². The van der Waals surface area contributed by atoms with Crippen LogP contribution < -0.4 is 31.6 Å². The monoisotopic (exact) mass is 893 g/mol. The van der Waals surface area contributed by atoms with Crippen molar-refractivity contribution in [2.24, 2.45) is 16.9 Å². The van der Waals surface area contributed by atoms with E-state index in [1.807, 2.05) is 13.8 Å². The number of likely N-dealkylation sites (tertiary alicyclic amines) is 1. The minimum absolute atomic E-state index is 0.0428. The Morgan fingerprint density at radius 3 is 1.52 bits per heavy atom. The molecule has 6 aromatic rings. The van der Waals surface area contributed by atoms with Crippen LogP contribution in [0.3, 0.4) is 0 Å². The quantitative estimate of drug-likeness (QED) is 0.151. The summed E-state index contributed by atoms with van der Waals surface area (Å²) in [6.07, 6.45) is 1.29. The molecule has 1 spiro atoms. The van der Waals surface area contributed by atoms with Crippen molar-refractivity contribution < 1.29 is 47.0 Å². The van der Waals surface area contributed by atoms with Gasteiger partial charge in [0.1, 0.15) is 41.3 Å². The number of nitrogens with one attached hydrogen (secondary N) is 2. The lowest BCUT2D eigenvalue weighted by molar-refractivity contribution is -0.0692. The molecule has 2 aliphatic heterocycles. The van der Waals surface area contributed by atoms with Gasteiger partial charge in [0.05, 0.1) is 27.8 Å². The van der Waals surface area contributed by atoms with Gasteiger partial charge < -0.3 is 48.5 Å². The summed E-state index contributed by atoms with van der Waals surface area (Å²) in [5.41, 5.74) is 12.7. The van der Waals surface area contributed by atoms with E-state index >= 15 is 0 Å². The van der Waals surface area contributed by atoms with Crippen molar-refractivity contribution in [3.8, 4) is 11.5 Å². The van der Waals surface area contributed by atoms with Crippen LogP contribution in [0, 0.1) is 19.3 Å². The number of rotatable bonds is 8. The van der Waals surface area contributed by atoms with Crippen LogP contribution in [0.5, 0.6) is 11.5 Å². The molecular formula is C44H51N11O10. The highest BCUT2D eigenvalue weighted by Gasteiger charge is 2.49. The largest absolute Gasteiger partial charge is 0.490 e. The molecule has 2 aromatic carbocycles. The molecule has 0 atom stereocenters. The fourth-order valence-corrected chi connectivity index (χ4v) is 8.13. The number of carbonyl (C=O) groups excluding carboxylic acids is 5. The van der Waals surface area contributed by atoms with Gasteiger partial charge in [-0.25, -0.2) is 24.7 Å². The second kappa shape index (κ2) is 16.9. The van der Waals surface area contributed by atoms with E-state index in [1.54, 1.807) is 43.8 Å². The summed E-state index contributed by atoms with van der Waals surface area (Å²) in [6, 6.07) is 6.09. The second-order valence-electron chi connectivity index (χ2n) is 17.3. The molecule has 2 aliphatic rings. The van der Waals surface area contributed by atoms with E-state index in [2.05, 4.69) is 20.6 Å². The number of nitrogens with zero attached hydrogens (tertiary/aromatic N) is 7. The molecular weight excluding hydrogens is 843 g/mol. The third-order valence-corrected chi connectivity index (χ3v) is 11.1. The zero-order chi connectivity index (χ0) is 46.5. The number of imidazole rings is 2. The molecule has 6 N–H and O–H groups in total. The number of ether oxygens (including phenoxy) is 3. The number of primary amides is 2. The number of carbonyl (C=O) groups is 5. The average molecular weight is 894 g/mol. The number of oxazole rings is 2. The van der Waals surface area contributed by atoms with Crippen molar-refractivity contribution in [3.05, 3.63) is 70.1 Å². The van der Waals surface area contributed by atoms with Crippen LogP contribution in [0.15, 0.2) is 33.1 Å². The maximum Gasteiger partial charge on any atom is 0.410 e. The molecule has 1 fully saturated rings. The van der Waals surface area contributed by atoms with Gasteiger partial charge >= 0.3 is 6.09 Å². The zero-order valence-electron chi connectivity index (χ0n) is 37.2. The lowest BCUT2D eigenvalue weighted by Crippen LogP contribution is -2.64. The van der Waals surface area contributed by atoms with Crippen molar-refractivity contribution in [2.45, 2.75) is 92.8 Å². The smallest absolute Gasteiger partial charge is 0.410 e. The third kappa shape index (κ3) is 8.77. The van der Waals surface area contributed by atoms with Gasteiger partial charge in [0.2, 0.25) is 35.2 Å². The third-order valence-electron chi connectivity index (χ3n) is 11.1. The van der Waals surface area contributed by atoms with Crippen LogP contribution in [0.1, 0.15) is 112 Å². The normalized spacial score (nSPS) is 15.1. The van der Waals surface area contributed by atoms with E-state index in [1.165, 1.54) is 29.2 Å². The number of anilines is 2. The van der Waals surface area contributed by atoms with Crippen LogP contribution in [0.25, 0.3) is 22.1 Å². The molecule has 6 heterocycles. The summed E-state index contributed by atoms with van der Waals surface area (Å²) in [4.78, 5) is 86.2. The van der Waals surface area contributed by atoms with E-state index < -0.39 is 40.7 Å². The van der Waals surface area contributed by atoms with Gasteiger partial charge in [-0.15, -0.1) is 0 Å². The maximum absolute atomic E-state index is 13.8. The molecule has 21 nitrogen and oxygen atoms in total. The number of benzene rings is 2. The van der Waals surface area contributed by atoms with E-state index in [9.17, 15) is 24.0 Å². The van der Waals surface area contributed by atoms with Gasteiger partial charge in [-0.05, 0) is 70.7 Å². The van der Waals surface area contributed by atoms with E-state index in [-0.39, 0.29) is 85.4 Å². The van der Waals surface area contributed by atoms with Crippen molar-refractivity contribution in [3.63, 3.8) is 0 Å². The standard InChI is InChI=1S/C44H51N11O10/c1-8-26-34(63-22(3)47-26)38(58)51-40-49-28-14-24(36(45)56)16-30-32(28)54(40)12-10-11-13-55-33-29(50-41(55)52-39(59)35-27(9-2)48-23(4)64-35)15-25(37(46)57)17-31(33)62-21-44(20-61-30)18-53(19-44)42(60)65-43(5,6)7/h14-17H,8-13,18-21H2,1-7H3,(H2,45,56)(H2,46,57)(H,49,51,58)(H,50,52,59). The van der Waals surface area contributed by atoms with E-state index in [0.717, 1.165) is 0 Å². The first-order valence-electron chi connectivity index (χ1n) is 21.3. The number of aryl methyl sites for hydroxylation is 6. The first kappa shape index (κ1) is 44.2. The van der Waals surface area contributed by atoms with Crippen molar-refractivity contribution in [2.75, 3.05) is 36.9 Å². The summed E-state index contributed by atoms with van der Waals surface area (Å²) in [7, 11) is 0. The van der Waals surface area contributed by atoms with Gasteiger partial charge in [0.15, 0.2) is 11.8 Å². The second-order valence-corrected chi connectivity index (χ2v) is 17.3. The summed E-state index contributed by atoms with van der Waals surface area (Å²) in [6.45, 7) is 13.0. The van der Waals surface area contributed by atoms with Gasteiger partial charge in [-0.2, -0.15) is 0 Å². The predicted molar refractivity (Wildman–Crippen MR) is 234 cm³/mol. The molecule has 0 bridgehead atoms. The Bertz CT molecular complexity index is 2720. The Hall–Kier alpha value is -7.45. The molecule has 8 rings (SSSR count). The fourth-order valence-electron chi connectivity index (χ4n) is 8.13. The molecule has 0 radical (unpaired) electrons. The van der Waals surface area contributed by atoms with E-state index in [4.69, 9.17) is 44.5 Å². The first-order valence-corrected chi connectivity index (χ1v) is 21.3. The average Bonchev–Trinajstić information content (AvgIpc) is 3.99. The molecule has 5 amide bonds. The summed E-state index contributed by atoms with van der Waals surface area (Å²) >= 11 is 0. The molecule has 342 valence electrons. The Morgan fingerprint density at radius 2 is 1.14 bits per heavy atom. The highest BCUT2D eigenvalue weighted by molar-refractivity contribution is 6.05. The highest BCUT2D eigenvalue weighted by Crippen LogP contribution is 2.39. The molecule has 21 heteroatoms. The topological polar surface area (TPSA) is 280 Å². The Labute approximate surface area is 372 Å². The Balaban J connectivity index is 1.25. The van der Waals surface area contributed by atoms with Crippen LogP contribution in [-0.4, -0.2) is 95.6 Å². The predicted octanol–water partition coefficient (Wildman–Crippen LogP) is 5.29. The molecule has 4 aromatic heterocycles. The van der Waals surface area contributed by atoms with Crippen molar-refractivity contribution in [1.82, 2.24) is 34.0 Å². The zero-order valence-corrected chi connectivity index (χ0v) is 37.2. The molecule has 1 saturated heterocycles. The lowest BCUT2D eigenvalue weighted by atomic mass is 9.81. The SMILES string of the molecule is CCc1nc(C)oc1C(=O)Nc1nc2cc(C(N)=O)cc3c2n1CCCCn1c(NC(=O)c2oc(C)nc2CC)nc2cc(C(N)=O)cc(c21)OCC1(CO3)CN(C(=O)OC(C)(C)C)C1. The summed E-state index contributed by atoms with van der Waals surface area (Å²) in [5.74, 6) is -1.09. The molecule has 0 aliphatic carbocycles. The molecule has 65 heavy (non-hydrogen) atoms. The minimum atomic E-state index is -0.896. The first-order chi connectivity index (χ1) is 30.9. The minimum Gasteiger partial charge on any atom is -0.490 e. The van der Waals surface area contributed by atoms with Crippen molar-refractivity contribution in [1.29, 1.82) is 0 Å². The summed E-state index contributed by atoms with van der Waals surface area (Å²) < 4.78 is 34.0. The highest BCUT2D eigenvalue weighted by atomic mass is 16.6. The number of hydrogen-bond acceptors (Lipinski definition) is 14. The lowest BCUT2D eigenvalue weighted by Gasteiger charge is -2.49. The van der Waals surface area contributed by atoms with Crippen LogP contribution in [-0.2, 0) is 30.7 Å². The van der Waals surface area contributed by atoms with E-state index in [0.29, 0.717) is 70.9 Å². The number of aromatic nitrogens is 6. The maximum atomic E-state index is 13.8. The van der Waals surface area contributed by atoms with Crippen LogP contribution in [0.2, 0.25) is 0 Å². The molecule has 0 unspecified atom stereocenters. The van der Waals surface area contributed by atoms with Gasteiger partial charge in [0.25, 0.3) is 11.8 Å². The molecule has 0 saturated carbocycles.